The van der Waals surface area contributed by atoms with Gasteiger partial charge in [-0.05, 0) is 76.2 Å². The molecular formula is C22H19ClINO3. The molecule has 1 atom stereocenters. The smallest absolute Gasteiger partial charge is 0.218 e. The molecule has 0 saturated heterocycles. The average molecular weight is 508 g/mol. The molecule has 0 aliphatic carbocycles. The van der Waals surface area contributed by atoms with E-state index in [0.29, 0.717) is 17.4 Å². The standard InChI is InChI=1S/C22H19ClINO3/c1-13(26)25-22(2,24)16-5-3-15-12-17(6-4-14(15)11-16)28-20-8-7-19-18(21(20)23)9-10-27-19/h3-8,11-12H,9-10H2,1-2H3,(H,25,26). The van der Waals surface area contributed by atoms with Gasteiger partial charge in [-0.15, -0.1) is 0 Å². The van der Waals surface area contributed by atoms with Gasteiger partial charge in [-0.25, -0.2) is 0 Å². The van der Waals surface area contributed by atoms with Crippen LogP contribution >= 0.6 is 34.2 Å². The van der Waals surface area contributed by atoms with Crippen molar-refractivity contribution >= 4 is 50.9 Å². The van der Waals surface area contributed by atoms with E-state index in [-0.39, 0.29) is 5.91 Å². The minimum atomic E-state index is -0.465. The van der Waals surface area contributed by atoms with Crippen molar-refractivity contribution in [2.75, 3.05) is 6.61 Å². The number of fused-ring (bicyclic) bond motifs is 2. The molecule has 3 aromatic carbocycles. The number of rotatable bonds is 4. The number of halogens is 2. The van der Waals surface area contributed by atoms with Crippen molar-refractivity contribution in [3.63, 3.8) is 0 Å². The zero-order chi connectivity index (χ0) is 19.9. The maximum atomic E-state index is 11.5. The van der Waals surface area contributed by atoms with Gasteiger partial charge in [0.05, 0.1) is 11.6 Å². The summed E-state index contributed by atoms with van der Waals surface area (Å²) in [5, 5.41) is 5.71. The highest BCUT2D eigenvalue weighted by Gasteiger charge is 2.24. The predicted octanol–water partition coefficient (Wildman–Crippen LogP) is 5.96. The molecule has 1 amide bonds. The van der Waals surface area contributed by atoms with Crippen molar-refractivity contribution in [3.05, 3.63) is 64.7 Å². The van der Waals surface area contributed by atoms with Gasteiger partial charge in [0.1, 0.15) is 20.8 Å². The van der Waals surface area contributed by atoms with E-state index < -0.39 is 3.55 Å². The molecule has 1 N–H and O–H groups in total. The highest BCUT2D eigenvalue weighted by molar-refractivity contribution is 14.1. The number of nitrogens with one attached hydrogen (secondary N) is 1. The van der Waals surface area contributed by atoms with E-state index in [0.717, 1.165) is 39.8 Å². The largest absolute Gasteiger partial charge is 0.493 e. The van der Waals surface area contributed by atoms with E-state index >= 15 is 0 Å². The van der Waals surface area contributed by atoms with E-state index in [9.17, 15) is 4.79 Å². The molecule has 28 heavy (non-hydrogen) atoms. The summed E-state index contributed by atoms with van der Waals surface area (Å²) in [5.74, 6) is 2.13. The van der Waals surface area contributed by atoms with Gasteiger partial charge < -0.3 is 14.8 Å². The molecule has 6 heteroatoms. The van der Waals surface area contributed by atoms with Crippen LogP contribution in [-0.2, 0) is 14.8 Å². The van der Waals surface area contributed by atoms with Gasteiger partial charge in [-0.3, -0.25) is 4.79 Å². The van der Waals surface area contributed by atoms with Crippen LogP contribution < -0.4 is 14.8 Å². The monoisotopic (exact) mass is 507 g/mol. The second-order valence-electron chi connectivity index (χ2n) is 6.96. The molecule has 4 nitrogen and oxygen atoms in total. The van der Waals surface area contributed by atoms with Crippen molar-refractivity contribution in [1.82, 2.24) is 5.32 Å². The fourth-order valence-corrected chi connectivity index (χ4v) is 4.41. The Bertz CT molecular complexity index is 1080. The van der Waals surface area contributed by atoms with Gasteiger partial charge in [-0.1, -0.05) is 29.8 Å². The summed E-state index contributed by atoms with van der Waals surface area (Å²) >= 11 is 8.74. The van der Waals surface area contributed by atoms with Gasteiger partial charge in [-0.2, -0.15) is 0 Å². The zero-order valence-corrected chi connectivity index (χ0v) is 18.4. The fraction of sp³-hybridized carbons (Fsp3) is 0.227. The Morgan fingerprint density at radius 1 is 1.18 bits per heavy atom. The van der Waals surface area contributed by atoms with Gasteiger partial charge >= 0.3 is 0 Å². The first-order chi connectivity index (χ1) is 13.3. The van der Waals surface area contributed by atoms with Gasteiger partial charge in [0, 0.05) is 18.9 Å². The number of carbonyl (C=O) groups excluding carboxylic acids is 1. The summed E-state index contributed by atoms with van der Waals surface area (Å²) in [6.45, 7) is 4.16. The number of ether oxygens (including phenoxy) is 2. The zero-order valence-electron chi connectivity index (χ0n) is 15.5. The van der Waals surface area contributed by atoms with Crippen LogP contribution in [0.2, 0.25) is 5.02 Å². The number of benzene rings is 3. The van der Waals surface area contributed by atoms with Crippen LogP contribution in [0.1, 0.15) is 25.0 Å². The Morgan fingerprint density at radius 3 is 2.71 bits per heavy atom. The summed E-state index contributed by atoms with van der Waals surface area (Å²) in [4.78, 5) is 11.5. The van der Waals surface area contributed by atoms with E-state index in [2.05, 4.69) is 34.0 Å². The molecule has 144 valence electrons. The molecule has 1 aliphatic rings. The average Bonchev–Trinajstić information content (AvgIpc) is 3.12. The predicted molar refractivity (Wildman–Crippen MR) is 120 cm³/mol. The van der Waals surface area contributed by atoms with Crippen molar-refractivity contribution in [1.29, 1.82) is 0 Å². The normalized spacial score (nSPS) is 14.9. The van der Waals surface area contributed by atoms with Crippen LogP contribution in [0.5, 0.6) is 17.2 Å². The fourth-order valence-electron chi connectivity index (χ4n) is 3.40. The lowest BCUT2D eigenvalue weighted by Gasteiger charge is -2.24. The second kappa shape index (κ2) is 7.44. The number of amides is 1. The number of carbonyl (C=O) groups is 1. The molecule has 1 heterocycles. The minimum Gasteiger partial charge on any atom is -0.493 e. The van der Waals surface area contributed by atoms with Gasteiger partial charge in [0.15, 0.2) is 0 Å². The second-order valence-corrected chi connectivity index (χ2v) is 9.50. The van der Waals surface area contributed by atoms with Gasteiger partial charge in [0.2, 0.25) is 5.91 Å². The quantitative estimate of drug-likeness (QED) is 0.269. The Hall–Kier alpha value is -1.99. The molecule has 4 rings (SSSR count). The molecule has 0 saturated carbocycles. The molecule has 3 aromatic rings. The topological polar surface area (TPSA) is 47.6 Å². The minimum absolute atomic E-state index is 0.0580. The first-order valence-corrected chi connectivity index (χ1v) is 10.4. The maximum Gasteiger partial charge on any atom is 0.218 e. The molecular weight excluding hydrogens is 489 g/mol. The third-order valence-electron chi connectivity index (χ3n) is 4.77. The Kier molecular flexibility index (Phi) is 5.14. The summed E-state index contributed by atoms with van der Waals surface area (Å²) in [5.41, 5.74) is 2.04. The third-order valence-corrected chi connectivity index (χ3v) is 6.07. The SMILES string of the molecule is CC(=O)NC(C)(I)c1ccc2cc(Oc3ccc4c(c3Cl)CCO4)ccc2c1. The summed E-state index contributed by atoms with van der Waals surface area (Å²) in [7, 11) is 0. The number of hydrogen-bond donors (Lipinski definition) is 1. The van der Waals surface area contributed by atoms with E-state index in [4.69, 9.17) is 21.1 Å². The highest BCUT2D eigenvalue weighted by Crippen LogP contribution is 2.40. The highest BCUT2D eigenvalue weighted by atomic mass is 127. The first kappa shape index (κ1) is 19.3. The van der Waals surface area contributed by atoms with Crippen LogP contribution in [0, 0.1) is 0 Å². The van der Waals surface area contributed by atoms with Crippen LogP contribution in [-0.4, -0.2) is 12.5 Å². The van der Waals surface area contributed by atoms with Crippen molar-refractivity contribution < 1.29 is 14.3 Å². The van der Waals surface area contributed by atoms with Crippen LogP contribution in [0.15, 0.2) is 48.5 Å². The Balaban J connectivity index is 1.62. The lowest BCUT2D eigenvalue weighted by atomic mass is 10.0. The third kappa shape index (κ3) is 3.78. The summed E-state index contributed by atoms with van der Waals surface area (Å²) in [6.07, 6.45) is 0.801. The lowest BCUT2D eigenvalue weighted by molar-refractivity contribution is -0.119. The molecule has 0 radical (unpaired) electrons. The number of hydrogen-bond acceptors (Lipinski definition) is 3. The lowest BCUT2D eigenvalue weighted by Crippen LogP contribution is -2.36. The molecule has 1 aliphatic heterocycles. The molecule has 0 fully saturated rings. The summed E-state index contributed by atoms with van der Waals surface area (Å²) in [6, 6.07) is 15.8. The van der Waals surface area contributed by atoms with Crippen LogP contribution in [0.25, 0.3) is 10.8 Å². The number of alkyl halides is 1. The first-order valence-electron chi connectivity index (χ1n) is 8.97. The summed E-state index contributed by atoms with van der Waals surface area (Å²) < 4.78 is 11.1. The van der Waals surface area contributed by atoms with Crippen molar-refractivity contribution in [3.8, 4) is 17.2 Å². The van der Waals surface area contributed by atoms with Crippen molar-refractivity contribution in [2.45, 2.75) is 23.8 Å². The molecule has 0 aromatic heterocycles. The Labute approximate surface area is 182 Å². The van der Waals surface area contributed by atoms with Gasteiger partial charge in [0.25, 0.3) is 0 Å². The molecule has 0 bridgehead atoms. The van der Waals surface area contributed by atoms with E-state index in [1.807, 2.05) is 49.4 Å². The van der Waals surface area contributed by atoms with E-state index in [1.165, 1.54) is 6.92 Å². The Morgan fingerprint density at radius 2 is 1.93 bits per heavy atom. The molecule has 0 spiro atoms. The van der Waals surface area contributed by atoms with Crippen molar-refractivity contribution in [2.24, 2.45) is 0 Å². The maximum absolute atomic E-state index is 11.5. The molecule has 1 unspecified atom stereocenters. The van der Waals surface area contributed by atoms with Crippen LogP contribution in [0.3, 0.4) is 0 Å². The van der Waals surface area contributed by atoms with E-state index in [1.54, 1.807) is 0 Å². The van der Waals surface area contributed by atoms with Crippen LogP contribution in [0.4, 0.5) is 0 Å².